The SMILES string of the molecule is C1CNCC[N-]1.[CH2-]C=O.[Cl][Ti][Cl]. The average molecular weight is 247 g/mol. The first kappa shape index (κ1) is 15.2. The number of halogens is 2. The van der Waals surface area contributed by atoms with Crippen molar-refractivity contribution < 1.29 is 21.8 Å². The first-order chi connectivity index (χ1) is 5.83. The van der Waals surface area contributed by atoms with Gasteiger partial charge < -0.3 is 22.4 Å². The number of nitrogens with one attached hydrogen (secondary N) is 1. The summed E-state index contributed by atoms with van der Waals surface area (Å²) in [4.78, 5) is 8.69. The van der Waals surface area contributed by atoms with Crippen LogP contribution in [0.25, 0.3) is 5.32 Å². The van der Waals surface area contributed by atoms with E-state index in [1.54, 1.807) is 0 Å². The normalized spacial score (nSPS) is 14.2. The fourth-order valence-electron chi connectivity index (χ4n) is 0.553. The molecule has 0 saturated carbocycles. The van der Waals surface area contributed by atoms with Crippen LogP contribution >= 0.6 is 18.6 Å². The molecule has 1 aliphatic rings. The van der Waals surface area contributed by atoms with Crippen molar-refractivity contribution in [2.45, 2.75) is 0 Å². The molecule has 6 heteroatoms. The van der Waals surface area contributed by atoms with E-state index in [0.29, 0.717) is 6.29 Å². The minimum atomic E-state index is -0.556. The molecule has 12 heavy (non-hydrogen) atoms. The third kappa shape index (κ3) is 22.4. The molecule has 1 N–H and O–H groups in total. The Morgan fingerprint density at radius 2 is 1.75 bits per heavy atom. The molecular weight excluding hydrogens is 235 g/mol. The molecule has 1 fully saturated rings. The standard InChI is InChI=1S/C4H9N2.C2H3O.2ClH.Ti/c1-2-6-4-3-5-1;1-2-3;;;/h5H,1-4H2;2H,1H2;2*1H;/q2*-1;;;+2/p-2. The van der Waals surface area contributed by atoms with Crippen molar-refractivity contribution in [2.24, 2.45) is 0 Å². The van der Waals surface area contributed by atoms with Crippen LogP contribution in [0.5, 0.6) is 0 Å². The predicted molar refractivity (Wildman–Crippen MR) is 49.1 cm³/mol. The van der Waals surface area contributed by atoms with Gasteiger partial charge in [0, 0.05) is 0 Å². The molecule has 1 saturated heterocycles. The molecular formula is C6H12Cl2N2OTi-2. The Hall–Kier alpha value is 0.754. The van der Waals surface area contributed by atoms with E-state index in [0.717, 1.165) is 26.2 Å². The molecule has 1 heterocycles. The second-order valence-electron chi connectivity index (χ2n) is 1.66. The molecule has 0 amide bonds. The monoisotopic (exact) mass is 246 g/mol. The molecule has 3 nitrogen and oxygen atoms in total. The zero-order valence-electron chi connectivity index (χ0n) is 6.72. The van der Waals surface area contributed by atoms with Crippen molar-refractivity contribution in [3.05, 3.63) is 12.2 Å². The molecule has 0 spiro atoms. The molecule has 0 radical (unpaired) electrons. The molecule has 0 aromatic heterocycles. The molecule has 72 valence electrons. The van der Waals surface area contributed by atoms with Crippen molar-refractivity contribution in [2.75, 3.05) is 26.2 Å². The van der Waals surface area contributed by atoms with Gasteiger partial charge in [0.2, 0.25) is 0 Å². The van der Waals surface area contributed by atoms with Crippen LogP contribution in [0.1, 0.15) is 0 Å². The summed E-state index contributed by atoms with van der Waals surface area (Å²) in [6.07, 6.45) is 0.500. The molecule has 0 aromatic carbocycles. The van der Waals surface area contributed by atoms with Gasteiger partial charge in [0.25, 0.3) is 0 Å². The number of rotatable bonds is 0. The van der Waals surface area contributed by atoms with Gasteiger partial charge in [0.05, 0.1) is 0 Å². The topological polar surface area (TPSA) is 43.2 Å². The second kappa shape index (κ2) is 17.7. The van der Waals surface area contributed by atoms with E-state index >= 15 is 0 Å². The summed E-state index contributed by atoms with van der Waals surface area (Å²) in [6.45, 7) is 7.00. The quantitative estimate of drug-likeness (QED) is 0.399. The van der Waals surface area contributed by atoms with E-state index < -0.39 is 17.0 Å². The third-order valence-corrected chi connectivity index (χ3v) is 0.893. The first-order valence-corrected chi connectivity index (χ1v) is 7.66. The van der Waals surface area contributed by atoms with Gasteiger partial charge in [-0.1, -0.05) is 0 Å². The Labute approximate surface area is 90.2 Å². The average Bonchev–Trinajstić information content (AvgIpc) is 2.10. The number of carbonyl (C=O) groups excluding carboxylic acids is 1. The number of aldehydes is 1. The minimum absolute atomic E-state index is 0.500. The van der Waals surface area contributed by atoms with Crippen LogP contribution in [0.4, 0.5) is 0 Å². The zero-order chi connectivity index (χ0) is 9.66. The maximum absolute atomic E-state index is 8.69. The summed E-state index contributed by atoms with van der Waals surface area (Å²) in [5, 5.41) is 7.31. The summed E-state index contributed by atoms with van der Waals surface area (Å²) < 4.78 is 0. The van der Waals surface area contributed by atoms with Crippen molar-refractivity contribution in [1.29, 1.82) is 0 Å². The fourth-order valence-corrected chi connectivity index (χ4v) is 0.553. The molecule has 1 rings (SSSR count). The second-order valence-corrected chi connectivity index (χ2v) is 4.24. The van der Waals surface area contributed by atoms with Crippen molar-refractivity contribution in [1.82, 2.24) is 5.32 Å². The van der Waals surface area contributed by atoms with Crippen molar-refractivity contribution in [3.8, 4) is 0 Å². The van der Waals surface area contributed by atoms with Gasteiger partial charge in [0.1, 0.15) is 0 Å². The third-order valence-electron chi connectivity index (χ3n) is 0.893. The van der Waals surface area contributed by atoms with E-state index in [1.165, 1.54) is 0 Å². The summed E-state index contributed by atoms with van der Waals surface area (Å²) >= 11 is -0.556. The van der Waals surface area contributed by atoms with Crippen molar-refractivity contribution >= 4 is 24.9 Å². The van der Waals surface area contributed by atoms with Gasteiger partial charge in [-0.25, -0.2) is 0 Å². The Balaban J connectivity index is 0. The van der Waals surface area contributed by atoms with Crippen LogP contribution in [0.15, 0.2) is 0 Å². The van der Waals surface area contributed by atoms with E-state index in [2.05, 4.69) is 17.6 Å². The number of nitrogens with zero attached hydrogens (tertiary/aromatic N) is 1. The number of hydrogen-bond donors (Lipinski definition) is 1. The van der Waals surface area contributed by atoms with Crippen LogP contribution in [-0.2, 0) is 21.8 Å². The van der Waals surface area contributed by atoms with E-state index in [-0.39, 0.29) is 0 Å². The van der Waals surface area contributed by atoms with E-state index in [9.17, 15) is 0 Å². The molecule has 0 atom stereocenters. The number of hydrogen-bond acceptors (Lipinski definition) is 2. The Morgan fingerprint density at radius 1 is 1.42 bits per heavy atom. The van der Waals surface area contributed by atoms with E-state index in [4.69, 9.17) is 23.4 Å². The number of piperazine rings is 1. The van der Waals surface area contributed by atoms with Crippen LogP contribution in [0.2, 0.25) is 0 Å². The van der Waals surface area contributed by atoms with Crippen LogP contribution in [0, 0.1) is 6.92 Å². The Kier molecular flexibility index (Phi) is 22.5. The van der Waals surface area contributed by atoms with Crippen LogP contribution in [-0.4, -0.2) is 32.5 Å². The molecule has 0 aromatic rings. The summed E-state index contributed by atoms with van der Waals surface area (Å²) in [5.74, 6) is 0. The molecule has 0 aliphatic carbocycles. The summed E-state index contributed by atoms with van der Waals surface area (Å²) in [6, 6.07) is 0. The Bertz CT molecular complexity index is 72.4. The summed E-state index contributed by atoms with van der Waals surface area (Å²) in [7, 11) is 9.78. The van der Waals surface area contributed by atoms with Crippen LogP contribution in [0.3, 0.4) is 0 Å². The fraction of sp³-hybridized carbons (Fsp3) is 0.667. The molecule has 1 aliphatic heterocycles. The van der Waals surface area contributed by atoms with Crippen molar-refractivity contribution in [3.63, 3.8) is 0 Å². The van der Waals surface area contributed by atoms with Gasteiger partial charge in [0.15, 0.2) is 0 Å². The summed E-state index contributed by atoms with van der Waals surface area (Å²) in [5.41, 5.74) is 0. The zero-order valence-corrected chi connectivity index (χ0v) is 9.80. The van der Waals surface area contributed by atoms with Gasteiger partial charge in [-0.2, -0.15) is 0 Å². The molecule has 0 bridgehead atoms. The van der Waals surface area contributed by atoms with E-state index in [1.807, 2.05) is 0 Å². The predicted octanol–water partition coefficient (Wildman–Crippen LogP) is 1.36. The number of carbonyl (C=O) groups is 1. The van der Waals surface area contributed by atoms with Gasteiger partial charge >= 0.3 is 35.6 Å². The van der Waals surface area contributed by atoms with Gasteiger partial charge in [-0.15, -0.1) is 13.1 Å². The maximum atomic E-state index is 8.69. The van der Waals surface area contributed by atoms with Crippen LogP contribution < -0.4 is 5.32 Å². The van der Waals surface area contributed by atoms with Gasteiger partial charge in [-0.3, -0.25) is 0 Å². The Morgan fingerprint density at radius 3 is 1.83 bits per heavy atom. The van der Waals surface area contributed by atoms with Gasteiger partial charge in [-0.05, 0) is 19.4 Å². The molecule has 0 unspecified atom stereocenters. The first-order valence-electron chi connectivity index (χ1n) is 3.36.